The molecule has 8 nitrogen and oxygen atoms in total. The third kappa shape index (κ3) is 7.13. The molecular formula is C35H43N5O3. The van der Waals surface area contributed by atoms with Crippen LogP contribution in [0.3, 0.4) is 0 Å². The molecule has 1 saturated heterocycles. The monoisotopic (exact) mass is 581 g/mol. The summed E-state index contributed by atoms with van der Waals surface area (Å²) in [6.07, 6.45) is 5.30. The Kier molecular flexibility index (Phi) is 9.55. The number of benzene rings is 3. The van der Waals surface area contributed by atoms with Crippen LogP contribution < -0.4 is 30.7 Å². The molecule has 0 spiro atoms. The number of hydrogen-bond acceptors (Lipinski definition) is 7. The van der Waals surface area contributed by atoms with Gasteiger partial charge < -0.3 is 30.7 Å². The van der Waals surface area contributed by atoms with E-state index in [1.165, 1.54) is 24.9 Å². The maximum Gasteiger partial charge on any atom is 0.247 e. The number of amides is 1. The Hall–Kier alpha value is -4.46. The summed E-state index contributed by atoms with van der Waals surface area (Å²) >= 11 is 0. The average Bonchev–Trinajstić information content (AvgIpc) is 3.00. The Morgan fingerprint density at radius 3 is 2.70 bits per heavy atom. The maximum atomic E-state index is 14.0. The van der Waals surface area contributed by atoms with Crippen LogP contribution in [0.1, 0.15) is 64.1 Å². The highest BCUT2D eigenvalue weighted by Gasteiger charge is 2.25. The summed E-state index contributed by atoms with van der Waals surface area (Å²) in [6.45, 7) is 10.1. The van der Waals surface area contributed by atoms with Crippen LogP contribution in [0.25, 0.3) is 10.8 Å². The second-order valence-corrected chi connectivity index (χ2v) is 11.4. The largest absolute Gasteiger partial charge is 0.490 e. The van der Waals surface area contributed by atoms with Crippen LogP contribution in [0.5, 0.6) is 11.5 Å². The number of nitrogens with zero attached hydrogens (tertiary/aromatic N) is 2. The predicted molar refractivity (Wildman–Crippen MR) is 175 cm³/mol. The number of rotatable bonds is 11. The molecule has 2 unspecified atom stereocenters. The molecule has 0 aliphatic carbocycles. The molecule has 4 aromatic rings. The molecule has 226 valence electrons. The summed E-state index contributed by atoms with van der Waals surface area (Å²) in [5.74, 6) is 1.59. The van der Waals surface area contributed by atoms with Gasteiger partial charge in [0, 0.05) is 42.1 Å². The number of anilines is 3. The fourth-order valence-electron chi connectivity index (χ4n) is 5.76. The van der Waals surface area contributed by atoms with Crippen molar-refractivity contribution >= 4 is 33.9 Å². The van der Waals surface area contributed by atoms with Crippen LogP contribution in [-0.2, 0) is 11.3 Å². The minimum absolute atomic E-state index is 0.00973. The molecule has 8 heteroatoms. The Labute approximate surface area is 254 Å². The van der Waals surface area contributed by atoms with E-state index in [0.717, 1.165) is 34.1 Å². The number of ether oxygens (including phenoxy) is 2. The smallest absolute Gasteiger partial charge is 0.247 e. The van der Waals surface area contributed by atoms with Crippen LogP contribution in [0.2, 0.25) is 0 Å². The van der Waals surface area contributed by atoms with Gasteiger partial charge >= 0.3 is 0 Å². The predicted octanol–water partition coefficient (Wildman–Crippen LogP) is 6.85. The van der Waals surface area contributed by atoms with Crippen LogP contribution in [-0.4, -0.2) is 36.2 Å². The van der Waals surface area contributed by atoms with Crippen molar-refractivity contribution in [3.63, 3.8) is 0 Å². The SMILES string of the molecule is CCOc1cc(C(Nc2ccc3c(N)nccc3c2)C(=O)NCc2ccccc2N2CCCCC2C)ccc1OC(C)C. The molecule has 1 aliphatic rings. The zero-order valence-corrected chi connectivity index (χ0v) is 25.6. The van der Waals surface area contributed by atoms with Gasteiger partial charge in [0.2, 0.25) is 5.91 Å². The van der Waals surface area contributed by atoms with Crippen molar-refractivity contribution in [2.24, 2.45) is 0 Å². The topological polar surface area (TPSA) is 102 Å². The number of aromatic nitrogens is 1. The second kappa shape index (κ2) is 13.7. The number of pyridine rings is 1. The van der Waals surface area contributed by atoms with E-state index in [4.69, 9.17) is 15.2 Å². The van der Waals surface area contributed by atoms with Gasteiger partial charge in [-0.2, -0.15) is 0 Å². The van der Waals surface area contributed by atoms with E-state index < -0.39 is 6.04 Å². The zero-order valence-electron chi connectivity index (χ0n) is 25.6. The van der Waals surface area contributed by atoms with Gasteiger partial charge in [-0.15, -0.1) is 0 Å². The lowest BCUT2D eigenvalue weighted by Gasteiger charge is -2.36. The normalized spacial score (nSPS) is 15.7. The van der Waals surface area contributed by atoms with E-state index in [1.54, 1.807) is 6.20 Å². The lowest BCUT2D eigenvalue weighted by molar-refractivity contribution is -0.122. The third-order valence-electron chi connectivity index (χ3n) is 7.89. The number of fused-ring (bicyclic) bond motifs is 1. The fourth-order valence-corrected chi connectivity index (χ4v) is 5.76. The molecular weight excluding hydrogens is 538 g/mol. The molecule has 5 rings (SSSR count). The number of hydrogen-bond donors (Lipinski definition) is 3. The van der Waals surface area contributed by atoms with E-state index in [-0.39, 0.29) is 12.0 Å². The first-order valence-electron chi connectivity index (χ1n) is 15.3. The van der Waals surface area contributed by atoms with Crippen molar-refractivity contribution in [1.29, 1.82) is 0 Å². The Morgan fingerprint density at radius 2 is 1.91 bits per heavy atom. The minimum atomic E-state index is -0.690. The lowest BCUT2D eigenvalue weighted by atomic mass is 10.0. The van der Waals surface area contributed by atoms with Crippen LogP contribution in [0.4, 0.5) is 17.2 Å². The Morgan fingerprint density at radius 1 is 1.07 bits per heavy atom. The molecule has 2 atom stereocenters. The summed E-state index contributed by atoms with van der Waals surface area (Å²) in [6, 6.07) is 21.6. The molecule has 0 bridgehead atoms. The van der Waals surface area contributed by atoms with Gasteiger partial charge in [-0.1, -0.05) is 24.3 Å². The van der Waals surface area contributed by atoms with Gasteiger partial charge in [0.1, 0.15) is 11.9 Å². The fraction of sp³-hybridized carbons (Fsp3) is 0.371. The van der Waals surface area contributed by atoms with Crippen molar-refractivity contribution in [3.8, 4) is 11.5 Å². The van der Waals surface area contributed by atoms with Crippen molar-refractivity contribution in [1.82, 2.24) is 10.3 Å². The number of para-hydroxylation sites is 1. The summed E-state index contributed by atoms with van der Waals surface area (Å²) in [4.78, 5) is 20.7. The first kappa shape index (κ1) is 30.0. The molecule has 3 aromatic carbocycles. The van der Waals surface area contributed by atoms with Crippen LogP contribution in [0, 0.1) is 0 Å². The van der Waals surface area contributed by atoms with Crippen molar-refractivity contribution in [2.45, 2.75) is 71.7 Å². The van der Waals surface area contributed by atoms with Crippen molar-refractivity contribution in [2.75, 3.05) is 29.1 Å². The first-order chi connectivity index (χ1) is 20.8. The summed E-state index contributed by atoms with van der Waals surface area (Å²) in [5, 5.41) is 8.51. The van der Waals surface area contributed by atoms with E-state index >= 15 is 0 Å². The minimum Gasteiger partial charge on any atom is -0.490 e. The van der Waals surface area contributed by atoms with Gasteiger partial charge in [-0.05, 0) is 106 Å². The molecule has 2 heterocycles. The molecule has 1 aromatic heterocycles. The van der Waals surface area contributed by atoms with Crippen molar-refractivity contribution in [3.05, 3.63) is 84.1 Å². The highest BCUT2D eigenvalue weighted by Crippen LogP contribution is 2.34. The second-order valence-electron chi connectivity index (χ2n) is 11.4. The summed E-state index contributed by atoms with van der Waals surface area (Å²) < 4.78 is 11.9. The third-order valence-corrected chi connectivity index (χ3v) is 7.89. The van der Waals surface area contributed by atoms with Crippen LogP contribution in [0.15, 0.2) is 72.9 Å². The Bertz CT molecular complexity index is 1560. The zero-order chi connectivity index (χ0) is 30.3. The van der Waals surface area contributed by atoms with Crippen molar-refractivity contribution < 1.29 is 14.3 Å². The number of carbonyl (C=O) groups excluding carboxylic acids is 1. The van der Waals surface area contributed by atoms with Gasteiger partial charge in [0.15, 0.2) is 11.5 Å². The summed E-state index contributed by atoms with van der Waals surface area (Å²) in [5.41, 5.74) is 9.94. The average molecular weight is 582 g/mol. The van der Waals surface area contributed by atoms with E-state index in [0.29, 0.717) is 36.5 Å². The highest BCUT2D eigenvalue weighted by molar-refractivity contribution is 5.94. The van der Waals surface area contributed by atoms with Gasteiger partial charge in [-0.25, -0.2) is 4.98 Å². The molecule has 4 N–H and O–H groups in total. The van der Waals surface area contributed by atoms with E-state index in [1.807, 2.05) is 69.3 Å². The van der Waals surface area contributed by atoms with Gasteiger partial charge in [0.25, 0.3) is 0 Å². The number of nitrogens with two attached hydrogens (primary N) is 1. The van der Waals surface area contributed by atoms with E-state index in [2.05, 4.69) is 45.6 Å². The maximum absolute atomic E-state index is 14.0. The standard InChI is InChI=1S/C35H43N5O3/c1-5-42-32-21-26(13-16-31(32)43-23(2)3)33(39-28-14-15-29-25(20-28)17-18-37-34(29)36)35(41)38-22-27-11-6-7-12-30(27)40-19-9-8-10-24(40)4/h6-7,11-18,20-21,23-24,33,39H,5,8-10,19,22H2,1-4H3,(H2,36,37)(H,38,41). The molecule has 1 amide bonds. The lowest BCUT2D eigenvalue weighted by Crippen LogP contribution is -2.39. The quantitative estimate of drug-likeness (QED) is 0.178. The van der Waals surface area contributed by atoms with Gasteiger partial charge in [0.05, 0.1) is 12.7 Å². The molecule has 0 saturated carbocycles. The van der Waals surface area contributed by atoms with E-state index in [9.17, 15) is 4.79 Å². The molecule has 0 radical (unpaired) electrons. The number of piperidine rings is 1. The van der Waals surface area contributed by atoms with Crippen LogP contribution >= 0.6 is 0 Å². The molecule has 43 heavy (non-hydrogen) atoms. The molecule has 1 aliphatic heterocycles. The number of nitrogen functional groups attached to an aromatic ring is 1. The Balaban J connectivity index is 1.45. The number of carbonyl (C=O) groups is 1. The molecule has 1 fully saturated rings. The van der Waals surface area contributed by atoms with Gasteiger partial charge in [-0.3, -0.25) is 4.79 Å². The summed E-state index contributed by atoms with van der Waals surface area (Å²) in [7, 11) is 0. The number of nitrogens with one attached hydrogen (secondary N) is 2. The first-order valence-corrected chi connectivity index (χ1v) is 15.3. The highest BCUT2D eigenvalue weighted by atomic mass is 16.5.